The van der Waals surface area contributed by atoms with Crippen LogP contribution in [0.4, 0.5) is 5.95 Å². The summed E-state index contributed by atoms with van der Waals surface area (Å²) in [6.45, 7) is 4.08. The zero-order valence-corrected chi connectivity index (χ0v) is 11.5. The highest BCUT2D eigenvalue weighted by molar-refractivity contribution is 7.11. The van der Waals surface area contributed by atoms with Gasteiger partial charge in [-0.3, -0.25) is 0 Å². The van der Waals surface area contributed by atoms with Crippen LogP contribution in [0.2, 0.25) is 0 Å². The number of aromatic nitrogens is 4. The van der Waals surface area contributed by atoms with E-state index in [9.17, 15) is 0 Å². The zero-order valence-electron chi connectivity index (χ0n) is 10.7. The van der Waals surface area contributed by atoms with Crippen molar-refractivity contribution in [2.45, 2.75) is 19.9 Å². The van der Waals surface area contributed by atoms with E-state index in [0.29, 0.717) is 5.95 Å². The maximum absolute atomic E-state index is 4.44. The van der Waals surface area contributed by atoms with Crippen LogP contribution in [0.15, 0.2) is 30.5 Å². The maximum Gasteiger partial charge on any atom is 0.243 e. The molecule has 1 unspecified atom stereocenters. The van der Waals surface area contributed by atoms with E-state index in [2.05, 4.69) is 25.5 Å². The van der Waals surface area contributed by atoms with Crippen LogP contribution >= 0.6 is 11.3 Å². The number of anilines is 1. The van der Waals surface area contributed by atoms with Gasteiger partial charge in [-0.25, -0.2) is 9.97 Å². The normalized spacial score (nSPS) is 12.5. The Hall–Kier alpha value is -2.08. The van der Waals surface area contributed by atoms with Crippen molar-refractivity contribution in [2.24, 2.45) is 0 Å². The highest BCUT2D eigenvalue weighted by atomic mass is 32.1. The average Bonchev–Trinajstić information content (AvgIpc) is 2.85. The summed E-state index contributed by atoms with van der Waals surface area (Å²) in [4.78, 5) is 9.99. The van der Waals surface area contributed by atoms with E-state index in [1.807, 2.05) is 44.3 Å². The summed E-state index contributed by atoms with van der Waals surface area (Å²) in [6.07, 6.45) is 1.87. The highest BCUT2D eigenvalue weighted by Crippen LogP contribution is 2.22. The van der Waals surface area contributed by atoms with Crippen LogP contribution in [0.1, 0.15) is 22.9 Å². The molecule has 0 aliphatic rings. The molecule has 0 fully saturated rings. The molecule has 3 rings (SSSR count). The van der Waals surface area contributed by atoms with E-state index in [0.717, 1.165) is 16.0 Å². The lowest BCUT2D eigenvalue weighted by Crippen LogP contribution is -2.09. The lowest BCUT2D eigenvalue weighted by Gasteiger charge is -2.10. The third-order valence-electron chi connectivity index (χ3n) is 2.72. The molecule has 5 nitrogen and oxygen atoms in total. The molecule has 0 spiro atoms. The van der Waals surface area contributed by atoms with Gasteiger partial charge in [0.25, 0.3) is 0 Å². The number of benzene rings is 1. The van der Waals surface area contributed by atoms with Crippen LogP contribution in [-0.4, -0.2) is 20.2 Å². The minimum Gasteiger partial charge on any atom is -0.344 e. The van der Waals surface area contributed by atoms with Gasteiger partial charge < -0.3 is 5.32 Å². The molecule has 0 aliphatic heterocycles. The molecule has 96 valence electrons. The van der Waals surface area contributed by atoms with Gasteiger partial charge in [0.05, 0.1) is 11.6 Å². The second-order valence-corrected chi connectivity index (χ2v) is 5.57. The second kappa shape index (κ2) is 4.89. The standard InChI is InChI=1S/C13H13N5S/c1-8-7-14-12(19-8)9(2)15-13-16-10-5-3-4-6-11(10)17-18-13/h3-7,9H,1-2H3,(H,15,16,18). The summed E-state index contributed by atoms with van der Waals surface area (Å²) in [5.41, 5.74) is 1.63. The number of para-hydroxylation sites is 1. The van der Waals surface area contributed by atoms with Crippen molar-refractivity contribution in [3.8, 4) is 0 Å². The van der Waals surface area contributed by atoms with E-state index >= 15 is 0 Å². The Labute approximate surface area is 114 Å². The molecule has 1 atom stereocenters. The number of hydrogen-bond acceptors (Lipinski definition) is 6. The number of aryl methyl sites for hydroxylation is 1. The number of fused-ring (bicyclic) bond motifs is 1. The van der Waals surface area contributed by atoms with E-state index in [1.54, 1.807) is 11.3 Å². The van der Waals surface area contributed by atoms with E-state index in [-0.39, 0.29) is 6.04 Å². The first-order chi connectivity index (χ1) is 9.22. The Bertz CT molecular complexity index is 709. The lowest BCUT2D eigenvalue weighted by molar-refractivity contribution is 0.838. The Morgan fingerprint density at radius 3 is 2.68 bits per heavy atom. The largest absolute Gasteiger partial charge is 0.344 e. The van der Waals surface area contributed by atoms with Gasteiger partial charge in [-0.1, -0.05) is 12.1 Å². The van der Waals surface area contributed by atoms with Gasteiger partial charge in [-0.15, -0.1) is 21.5 Å². The van der Waals surface area contributed by atoms with Crippen LogP contribution in [0.3, 0.4) is 0 Å². The smallest absolute Gasteiger partial charge is 0.243 e. The Kier molecular flexibility index (Phi) is 3.08. The van der Waals surface area contributed by atoms with Crippen LogP contribution < -0.4 is 5.32 Å². The number of thiazole rings is 1. The molecule has 2 aromatic heterocycles. The molecular weight excluding hydrogens is 258 g/mol. The average molecular weight is 271 g/mol. The summed E-state index contributed by atoms with van der Waals surface area (Å²) in [5, 5.41) is 12.5. The topological polar surface area (TPSA) is 63.6 Å². The molecule has 0 saturated carbocycles. The van der Waals surface area contributed by atoms with Crippen molar-refractivity contribution in [3.05, 3.63) is 40.3 Å². The molecule has 2 heterocycles. The minimum absolute atomic E-state index is 0.0710. The van der Waals surface area contributed by atoms with Crippen molar-refractivity contribution in [2.75, 3.05) is 5.32 Å². The predicted molar refractivity (Wildman–Crippen MR) is 76.2 cm³/mol. The van der Waals surface area contributed by atoms with Crippen LogP contribution in [0, 0.1) is 6.92 Å². The monoisotopic (exact) mass is 271 g/mol. The molecule has 0 saturated heterocycles. The molecule has 0 bridgehead atoms. The van der Waals surface area contributed by atoms with Crippen molar-refractivity contribution in [3.63, 3.8) is 0 Å². The van der Waals surface area contributed by atoms with Crippen molar-refractivity contribution < 1.29 is 0 Å². The van der Waals surface area contributed by atoms with E-state index < -0.39 is 0 Å². The molecule has 1 N–H and O–H groups in total. The lowest BCUT2D eigenvalue weighted by atomic mass is 10.3. The van der Waals surface area contributed by atoms with Gasteiger partial charge in [0, 0.05) is 11.1 Å². The number of rotatable bonds is 3. The number of nitrogens with zero attached hydrogens (tertiary/aromatic N) is 4. The first-order valence-electron chi connectivity index (χ1n) is 6.01. The van der Waals surface area contributed by atoms with E-state index in [4.69, 9.17) is 0 Å². The quantitative estimate of drug-likeness (QED) is 0.793. The molecule has 19 heavy (non-hydrogen) atoms. The summed E-state index contributed by atoms with van der Waals surface area (Å²) >= 11 is 1.67. The maximum atomic E-state index is 4.44. The van der Waals surface area contributed by atoms with Gasteiger partial charge in [0.1, 0.15) is 10.5 Å². The van der Waals surface area contributed by atoms with Crippen molar-refractivity contribution >= 4 is 28.3 Å². The molecule has 0 aliphatic carbocycles. The van der Waals surface area contributed by atoms with Gasteiger partial charge in [0.2, 0.25) is 5.95 Å². The highest BCUT2D eigenvalue weighted by Gasteiger charge is 2.11. The SMILES string of the molecule is Cc1cnc(C(C)Nc2nnc3ccccc3n2)s1. The van der Waals surface area contributed by atoms with Gasteiger partial charge >= 0.3 is 0 Å². The molecule has 1 aromatic carbocycles. The third-order valence-corrected chi connectivity index (χ3v) is 3.81. The minimum atomic E-state index is 0.0710. The molecule has 0 radical (unpaired) electrons. The molecule has 0 amide bonds. The number of hydrogen-bond donors (Lipinski definition) is 1. The molecule has 3 aromatic rings. The van der Waals surface area contributed by atoms with Gasteiger partial charge in [-0.05, 0) is 26.0 Å². The predicted octanol–water partition coefficient (Wildman–Crippen LogP) is 2.96. The summed E-state index contributed by atoms with van der Waals surface area (Å²) in [6, 6.07) is 7.75. The molecular formula is C13H13N5S. The second-order valence-electron chi connectivity index (χ2n) is 4.30. The molecule has 6 heteroatoms. The zero-order chi connectivity index (χ0) is 13.2. The fourth-order valence-electron chi connectivity index (χ4n) is 1.77. The van der Waals surface area contributed by atoms with E-state index in [1.165, 1.54) is 4.88 Å². The van der Waals surface area contributed by atoms with Crippen molar-refractivity contribution in [1.82, 2.24) is 20.2 Å². The first kappa shape index (κ1) is 12.0. The fraction of sp³-hybridized carbons (Fsp3) is 0.231. The van der Waals surface area contributed by atoms with Gasteiger partial charge in [-0.2, -0.15) is 0 Å². The van der Waals surface area contributed by atoms with Crippen LogP contribution in [-0.2, 0) is 0 Å². The van der Waals surface area contributed by atoms with Crippen LogP contribution in [0.5, 0.6) is 0 Å². The third kappa shape index (κ3) is 2.53. The first-order valence-corrected chi connectivity index (χ1v) is 6.82. The Balaban J connectivity index is 1.84. The fourth-order valence-corrected chi connectivity index (χ4v) is 2.55. The number of nitrogens with one attached hydrogen (secondary N) is 1. The van der Waals surface area contributed by atoms with Gasteiger partial charge in [0.15, 0.2) is 0 Å². The van der Waals surface area contributed by atoms with Crippen molar-refractivity contribution in [1.29, 1.82) is 0 Å². The summed E-state index contributed by atoms with van der Waals surface area (Å²) in [7, 11) is 0. The Morgan fingerprint density at radius 2 is 1.95 bits per heavy atom. The summed E-state index contributed by atoms with van der Waals surface area (Å²) < 4.78 is 0. The van der Waals surface area contributed by atoms with Crippen LogP contribution in [0.25, 0.3) is 11.0 Å². The summed E-state index contributed by atoms with van der Waals surface area (Å²) in [5.74, 6) is 0.527. The Morgan fingerprint density at radius 1 is 1.16 bits per heavy atom.